The lowest BCUT2D eigenvalue weighted by Crippen LogP contribution is -2.45. The molecule has 2 fully saturated rings. The van der Waals surface area contributed by atoms with E-state index in [0.29, 0.717) is 32.2 Å². The van der Waals surface area contributed by atoms with Gasteiger partial charge in [0.05, 0.1) is 11.8 Å². The summed E-state index contributed by atoms with van der Waals surface area (Å²) in [5.74, 6) is -1.36. The quantitative estimate of drug-likeness (QED) is 0.654. The van der Waals surface area contributed by atoms with Crippen molar-refractivity contribution in [1.29, 1.82) is 0 Å². The lowest BCUT2D eigenvalue weighted by Gasteiger charge is -2.23. The second-order valence-corrected chi connectivity index (χ2v) is 5.09. The molecule has 0 bridgehead atoms. The van der Waals surface area contributed by atoms with Crippen LogP contribution in [-0.4, -0.2) is 35.5 Å². The number of aliphatic carboxylic acids is 1. The van der Waals surface area contributed by atoms with Crippen LogP contribution in [0.5, 0.6) is 0 Å². The number of carbonyl (C=O) groups is 3. The van der Waals surface area contributed by atoms with Gasteiger partial charge in [-0.05, 0) is 25.7 Å². The van der Waals surface area contributed by atoms with Crippen molar-refractivity contribution in [3.63, 3.8) is 0 Å². The summed E-state index contributed by atoms with van der Waals surface area (Å²) in [5.41, 5.74) is 0. The van der Waals surface area contributed by atoms with Gasteiger partial charge in [0.2, 0.25) is 11.8 Å². The summed E-state index contributed by atoms with van der Waals surface area (Å²) in [6.45, 7) is 0.389. The van der Waals surface area contributed by atoms with Crippen LogP contribution in [0.4, 0.5) is 0 Å². The summed E-state index contributed by atoms with van der Waals surface area (Å²) in [6, 6.07) is -0.0313. The highest BCUT2D eigenvalue weighted by Gasteiger charge is 2.32. The average Bonchev–Trinajstić information content (AvgIpc) is 2.78. The molecule has 2 amide bonds. The molecule has 1 aliphatic carbocycles. The molecule has 18 heavy (non-hydrogen) atoms. The standard InChI is InChI=1S/C12H18N2O4/c15-10-4-2-8(6-13-10)11(16)14-9-3-1-7(5-9)12(17)18/h7-9H,1-6H2,(H,13,15)(H,14,16)(H,17,18). The smallest absolute Gasteiger partial charge is 0.306 e. The maximum Gasteiger partial charge on any atom is 0.306 e. The molecule has 100 valence electrons. The summed E-state index contributed by atoms with van der Waals surface area (Å²) < 4.78 is 0. The molecule has 0 aromatic heterocycles. The number of nitrogens with one attached hydrogen (secondary N) is 2. The minimum atomic E-state index is -0.781. The summed E-state index contributed by atoms with van der Waals surface area (Å²) in [5, 5.41) is 14.4. The molecule has 6 nitrogen and oxygen atoms in total. The van der Waals surface area contributed by atoms with E-state index in [1.165, 1.54) is 0 Å². The first-order valence-electron chi connectivity index (χ1n) is 6.36. The highest BCUT2D eigenvalue weighted by Crippen LogP contribution is 2.26. The summed E-state index contributed by atoms with van der Waals surface area (Å²) in [6.07, 6.45) is 2.83. The fourth-order valence-electron chi connectivity index (χ4n) is 2.61. The van der Waals surface area contributed by atoms with Gasteiger partial charge in [0.25, 0.3) is 0 Å². The molecular formula is C12H18N2O4. The Morgan fingerprint density at radius 1 is 1.22 bits per heavy atom. The zero-order valence-corrected chi connectivity index (χ0v) is 10.1. The number of amides is 2. The van der Waals surface area contributed by atoms with Gasteiger partial charge in [0.1, 0.15) is 0 Å². The molecule has 0 aromatic rings. The van der Waals surface area contributed by atoms with Gasteiger partial charge in [-0.3, -0.25) is 14.4 Å². The zero-order chi connectivity index (χ0) is 13.1. The topological polar surface area (TPSA) is 95.5 Å². The van der Waals surface area contributed by atoms with Crippen molar-refractivity contribution in [3.8, 4) is 0 Å². The van der Waals surface area contributed by atoms with Crippen LogP contribution in [0.3, 0.4) is 0 Å². The second kappa shape index (κ2) is 5.37. The van der Waals surface area contributed by atoms with Gasteiger partial charge in [-0.25, -0.2) is 0 Å². The van der Waals surface area contributed by atoms with Crippen molar-refractivity contribution in [2.24, 2.45) is 11.8 Å². The van der Waals surface area contributed by atoms with E-state index in [1.54, 1.807) is 0 Å². The van der Waals surface area contributed by atoms with E-state index in [2.05, 4.69) is 10.6 Å². The number of carboxylic acids is 1. The number of rotatable bonds is 3. The minimum absolute atomic E-state index is 0.00847. The van der Waals surface area contributed by atoms with Gasteiger partial charge in [-0.15, -0.1) is 0 Å². The van der Waals surface area contributed by atoms with Crippen LogP contribution in [-0.2, 0) is 14.4 Å². The molecule has 0 spiro atoms. The Morgan fingerprint density at radius 2 is 2.00 bits per heavy atom. The Kier molecular flexibility index (Phi) is 3.84. The van der Waals surface area contributed by atoms with Gasteiger partial charge in [0, 0.05) is 19.0 Å². The van der Waals surface area contributed by atoms with Gasteiger partial charge in [-0.2, -0.15) is 0 Å². The first-order valence-corrected chi connectivity index (χ1v) is 6.36. The van der Waals surface area contributed by atoms with Gasteiger partial charge in [-0.1, -0.05) is 0 Å². The highest BCUT2D eigenvalue weighted by atomic mass is 16.4. The van der Waals surface area contributed by atoms with E-state index in [9.17, 15) is 14.4 Å². The SMILES string of the molecule is O=C1CCC(C(=O)NC2CCC(C(=O)O)C2)CN1. The van der Waals surface area contributed by atoms with Gasteiger partial charge < -0.3 is 15.7 Å². The normalized spacial score (nSPS) is 31.8. The fourth-order valence-corrected chi connectivity index (χ4v) is 2.61. The lowest BCUT2D eigenvalue weighted by molar-refractivity contribution is -0.141. The summed E-state index contributed by atoms with van der Waals surface area (Å²) in [4.78, 5) is 33.7. The third-order valence-corrected chi connectivity index (χ3v) is 3.76. The Bertz CT molecular complexity index is 359. The van der Waals surface area contributed by atoms with E-state index in [4.69, 9.17) is 5.11 Å². The maximum atomic E-state index is 11.9. The van der Waals surface area contributed by atoms with E-state index in [0.717, 1.165) is 6.42 Å². The predicted molar refractivity (Wildman–Crippen MR) is 62.6 cm³/mol. The Balaban J connectivity index is 1.78. The van der Waals surface area contributed by atoms with Crippen LogP contribution in [0.1, 0.15) is 32.1 Å². The number of hydrogen-bond acceptors (Lipinski definition) is 3. The van der Waals surface area contributed by atoms with Crippen LogP contribution in [0.2, 0.25) is 0 Å². The van der Waals surface area contributed by atoms with E-state index in [1.807, 2.05) is 0 Å². The van der Waals surface area contributed by atoms with Crippen molar-refractivity contribution >= 4 is 17.8 Å². The van der Waals surface area contributed by atoms with Crippen LogP contribution in [0.25, 0.3) is 0 Å². The number of piperidine rings is 1. The molecule has 1 aliphatic heterocycles. The van der Waals surface area contributed by atoms with Crippen LogP contribution in [0, 0.1) is 11.8 Å². The predicted octanol–water partition coefficient (Wildman–Crippen LogP) is -0.118. The third-order valence-electron chi connectivity index (χ3n) is 3.76. The molecule has 1 heterocycles. The molecule has 0 aromatic carbocycles. The molecule has 6 heteroatoms. The molecule has 3 atom stereocenters. The second-order valence-electron chi connectivity index (χ2n) is 5.09. The van der Waals surface area contributed by atoms with Crippen molar-refractivity contribution in [2.45, 2.75) is 38.1 Å². The van der Waals surface area contributed by atoms with Crippen molar-refractivity contribution in [3.05, 3.63) is 0 Å². The van der Waals surface area contributed by atoms with E-state index >= 15 is 0 Å². The van der Waals surface area contributed by atoms with Crippen molar-refractivity contribution < 1.29 is 19.5 Å². The molecule has 1 saturated carbocycles. The largest absolute Gasteiger partial charge is 0.481 e. The van der Waals surface area contributed by atoms with Crippen molar-refractivity contribution in [2.75, 3.05) is 6.54 Å². The van der Waals surface area contributed by atoms with Gasteiger partial charge in [0.15, 0.2) is 0 Å². The van der Waals surface area contributed by atoms with Crippen molar-refractivity contribution in [1.82, 2.24) is 10.6 Å². The lowest BCUT2D eigenvalue weighted by atomic mass is 9.98. The van der Waals surface area contributed by atoms with Crippen LogP contribution in [0.15, 0.2) is 0 Å². The van der Waals surface area contributed by atoms with E-state index < -0.39 is 5.97 Å². The Labute approximate surface area is 105 Å². The zero-order valence-electron chi connectivity index (χ0n) is 10.1. The summed E-state index contributed by atoms with van der Waals surface area (Å²) in [7, 11) is 0. The first kappa shape index (κ1) is 12.9. The van der Waals surface area contributed by atoms with E-state index in [-0.39, 0.29) is 29.7 Å². The third kappa shape index (κ3) is 3.00. The molecule has 3 unspecified atom stereocenters. The molecular weight excluding hydrogens is 236 g/mol. The molecule has 1 saturated heterocycles. The fraction of sp³-hybridized carbons (Fsp3) is 0.750. The first-order chi connectivity index (χ1) is 8.56. The summed E-state index contributed by atoms with van der Waals surface area (Å²) >= 11 is 0. The Morgan fingerprint density at radius 3 is 2.56 bits per heavy atom. The minimum Gasteiger partial charge on any atom is -0.481 e. The van der Waals surface area contributed by atoms with Crippen LogP contribution >= 0.6 is 0 Å². The monoisotopic (exact) mass is 254 g/mol. The molecule has 3 N–H and O–H groups in total. The molecule has 2 aliphatic rings. The Hall–Kier alpha value is -1.59. The highest BCUT2D eigenvalue weighted by molar-refractivity contribution is 5.84. The maximum absolute atomic E-state index is 11.9. The van der Waals surface area contributed by atoms with Gasteiger partial charge >= 0.3 is 5.97 Å². The molecule has 2 rings (SSSR count). The average molecular weight is 254 g/mol. The number of carboxylic acid groups (broad SMARTS) is 1. The molecule has 0 radical (unpaired) electrons. The van der Waals surface area contributed by atoms with Crippen LogP contribution < -0.4 is 10.6 Å². The number of carbonyl (C=O) groups excluding carboxylic acids is 2. The number of hydrogen-bond donors (Lipinski definition) is 3.